The van der Waals surface area contributed by atoms with Gasteiger partial charge in [-0.25, -0.2) is 0 Å². The number of carbonyl (C=O) groups excluding carboxylic acids is 1. The molecule has 3 nitrogen and oxygen atoms in total. The molecule has 0 aromatic heterocycles. The quantitative estimate of drug-likeness (QED) is 0.519. The molecule has 0 bridgehead atoms. The molecule has 0 spiro atoms. The van der Waals surface area contributed by atoms with Crippen LogP contribution in [0.15, 0.2) is 18.2 Å². The number of hydrogen-bond donors (Lipinski definition) is 0. The fraction of sp³-hybridized carbons (Fsp3) is 0. The fourth-order valence-corrected chi connectivity index (χ4v) is 1.14. The average Bonchev–Trinajstić information content (AvgIpc) is 1.97. The zero-order chi connectivity index (χ0) is 9.14. The fourth-order valence-electron chi connectivity index (χ4n) is 0.663. The molecule has 0 N–H and O–H groups in total. The van der Waals surface area contributed by atoms with Crippen molar-refractivity contribution in [3.63, 3.8) is 0 Å². The summed E-state index contributed by atoms with van der Waals surface area (Å²) >= 11 is 11.1. The van der Waals surface area contributed by atoms with E-state index in [4.69, 9.17) is 23.2 Å². The van der Waals surface area contributed by atoms with Gasteiger partial charge in [-0.3, -0.25) is 0 Å². The Bertz CT molecular complexity index is 291. The first-order valence-electron chi connectivity index (χ1n) is 2.94. The number of para-hydroxylation sites is 1. The van der Waals surface area contributed by atoms with E-state index in [1.165, 1.54) is 12.1 Å². The van der Waals surface area contributed by atoms with E-state index in [1.807, 2.05) is 0 Å². The van der Waals surface area contributed by atoms with E-state index in [-0.39, 0.29) is 15.8 Å². The van der Waals surface area contributed by atoms with Crippen molar-refractivity contribution in [2.45, 2.75) is 0 Å². The molecule has 0 radical (unpaired) electrons. The molecule has 0 amide bonds. The zero-order valence-electron chi connectivity index (χ0n) is 5.71. The molecular formula is C7H3Cl2O3-. The van der Waals surface area contributed by atoms with Crippen LogP contribution in [0.3, 0.4) is 0 Å². The molecule has 0 heterocycles. The Morgan fingerprint density at radius 3 is 2.25 bits per heavy atom. The van der Waals surface area contributed by atoms with Crippen molar-refractivity contribution >= 4 is 29.4 Å². The Morgan fingerprint density at radius 1 is 1.33 bits per heavy atom. The summed E-state index contributed by atoms with van der Waals surface area (Å²) in [4.78, 5) is 10.0. The number of rotatable bonds is 1. The van der Waals surface area contributed by atoms with Crippen LogP contribution in [-0.2, 0) is 0 Å². The van der Waals surface area contributed by atoms with Gasteiger partial charge in [0.2, 0.25) is 0 Å². The number of benzene rings is 1. The molecule has 0 aliphatic carbocycles. The molecule has 0 atom stereocenters. The molecule has 0 fully saturated rings. The highest BCUT2D eigenvalue weighted by molar-refractivity contribution is 6.37. The molecular weight excluding hydrogens is 203 g/mol. The lowest BCUT2D eigenvalue weighted by atomic mass is 10.3. The summed E-state index contributed by atoms with van der Waals surface area (Å²) in [5.41, 5.74) is 0. The first-order chi connectivity index (χ1) is 5.61. The Balaban J connectivity index is 3.04. The van der Waals surface area contributed by atoms with Gasteiger partial charge in [0.25, 0.3) is 6.16 Å². The van der Waals surface area contributed by atoms with Gasteiger partial charge < -0.3 is 14.6 Å². The second-order valence-electron chi connectivity index (χ2n) is 1.90. The van der Waals surface area contributed by atoms with Crippen molar-refractivity contribution in [1.29, 1.82) is 0 Å². The van der Waals surface area contributed by atoms with E-state index >= 15 is 0 Å². The summed E-state index contributed by atoms with van der Waals surface area (Å²) in [7, 11) is 0. The second-order valence-corrected chi connectivity index (χ2v) is 2.72. The lowest BCUT2D eigenvalue weighted by Gasteiger charge is -2.11. The third kappa shape index (κ3) is 2.03. The van der Waals surface area contributed by atoms with E-state index in [0.717, 1.165) is 0 Å². The Hall–Kier alpha value is -0.930. The van der Waals surface area contributed by atoms with E-state index in [2.05, 4.69) is 4.74 Å². The van der Waals surface area contributed by atoms with Crippen molar-refractivity contribution in [3.8, 4) is 5.75 Å². The Morgan fingerprint density at radius 2 is 1.83 bits per heavy atom. The van der Waals surface area contributed by atoms with Gasteiger partial charge in [-0.2, -0.15) is 0 Å². The Kier molecular flexibility index (Phi) is 2.78. The van der Waals surface area contributed by atoms with E-state index in [9.17, 15) is 9.90 Å². The molecule has 64 valence electrons. The van der Waals surface area contributed by atoms with Gasteiger partial charge in [-0.15, -0.1) is 0 Å². The highest BCUT2D eigenvalue weighted by Gasteiger charge is 2.02. The summed E-state index contributed by atoms with van der Waals surface area (Å²) in [6.45, 7) is 0. The molecule has 0 saturated heterocycles. The van der Waals surface area contributed by atoms with Crippen molar-refractivity contribution in [1.82, 2.24) is 0 Å². The number of hydrogen-bond acceptors (Lipinski definition) is 3. The molecule has 0 unspecified atom stereocenters. The standard InChI is InChI=1S/C7H4Cl2O3/c8-4-2-1-3-5(9)6(4)12-7(10)11/h1-3H,(H,10,11)/p-1. The van der Waals surface area contributed by atoms with E-state index in [0.29, 0.717) is 0 Å². The molecule has 1 aromatic rings. The highest BCUT2D eigenvalue weighted by atomic mass is 35.5. The Labute approximate surface area is 78.5 Å². The van der Waals surface area contributed by atoms with Crippen molar-refractivity contribution in [2.75, 3.05) is 0 Å². The van der Waals surface area contributed by atoms with Crippen LogP contribution < -0.4 is 9.84 Å². The molecule has 0 saturated carbocycles. The van der Waals surface area contributed by atoms with Gasteiger partial charge in [-0.1, -0.05) is 29.3 Å². The lowest BCUT2D eigenvalue weighted by molar-refractivity contribution is -0.271. The molecule has 5 heteroatoms. The van der Waals surface area contributed by atoms with Gasteiger partial charge in [0.1, 0.15) is 0 Å². The summed E-state index contributed by atoms with van der Waals surface area (Å²) in [6.07, 6.45) is -1.69. The second kappa shape index (κ2) is 3.65. The monoisotopic (exact) mass is 205 g/mol. The van der Waals surface area contributed by atoms with E-state index < -0.39 is 6.16 Å². The van der Waals surface area contributed by atoms with Crippen LogP contribution in [0.2, 0.25) is 10.0 Å². The van der Waals surface area contributed by atoms with Crippen LogP contribution in [-0.4, -0.2) is 6.16 Å². The van der Waals surface area contributed by atoms with Crippen molar-refractivity contribution < 1.29 is 14.6 Å². The maximum absolute atomic E-state index is 10.0. The van der Waals surface area contributed by atoms with Crippen LogP contribution >= 0.6 is 23.2 Å². The summed E-state index contributed by atoms with van der Waals surface area (Å²) in [5, 5.41) is 10.3. The van der Waals surface area contributed by atoms with Crippen molar-refractivity contribution in [3.05, 3.63) is 28.2 Å². The van der Waals surface area contributed by atoms with Gasteiger partial charge in [0.15, 0.2) is 0 Å². The first-order valence-corrected chi connectivity index (χ1v) is 3.69. The van der Waals surface area contributed by atoms with Crippen LogP contribution in [0.1, 0.15) is 0 Å². The molecule has 0 aliphatic heterocycles. The third-order valence-corrected chi connectivity index (χ3v) is 1.70. The van der Waals surface area contributed by atoms with Gasteiger partial charge in [-0.05, 0) is 12.1 Å². The molecule has 0 aliphatic rings. The normalized spacial score (nSPS) is 9.50. The lowest BCUT2D eigenvalue weighted by Crippen LogP contribution is -2.26. The van der Waals surface area contributed by atoms with Crippen LogP contribution in [0.5, 0.6) is 5.75 Å². The number of halogens is 2. The maximum Gasteiger partial charge on any atom is 0.257 e. The molecule has 12 heavy (non-hydrogen) atoms. The minimum atomic E-state index is -1.69. The number of carboxylic acid groups (broad SMARTS) is 1. The number of ether oxygens (including phenoxy) is 1. The smallest absolute Gasteiger partial charge is 0.257 e. The number of carbonyl (C=O) groups is 1. The maximum atomic E-state index is 10.0. The first kappa shape index (κ1) is 9.16. The van der Waals surface area contributed by atoms with Crippen LogP contribution in [0, 0.1) is 0 Å². The zero-order valence-corrected chi connectivity index (χ0v) is 7.22. The highest BCUT2D eigenvalue weighted by Crippen LogP contribution is 2.31. The predicted octanol–water partition coefficient (Wildman–Crippen LogP) is 1.72. The van der Waals surface area contributed by atoms with Crippen LogP contribution in [0.4, 0.5) is 4.79 Å². The molecule has 1 rings (SSSR count). The van der Waals surface area contributed by atoms with E-state index in [1.54, 1.807) is 6.07 Å². The summed E-state index contributed by atoms with van der Waals surface area (Å²) < 4.78 is 4.22. The van der Waals surface area contributed by atoms with Gasteiger partial charge in [0.05, 0.1) is 15.8 Å². The topological polar surface area (TPSA) is 49.4 Å². The minimum absolute atomic E-state index is 0.0965. The third-order valence-electron chi connectivity index (χ3n) is 1.10. The molecule has 1 aromatic carbocycles. The predicted molar refractivity (Wildman–Crippen MR) is 42.5 cm³/mol. The van der Waals surface area contributed by atoms with Gasteiger partial charge in [0, 0.05) is 0 Å². The van der Waals surface area contributed by atoms with Gasteiger partial charge >= 0.3 is 0 Å². The largest absolute Gasteiger partial charge is 0.511 e. The van der Waals surface area contributed by atoms with Crippen molar-refractivity contribution in [2.24, 2.45) is 0 Å². The van der Waals surface area contributed by atoms with Crippen LogP contribution in [0.25, 0.3) is 0 Å². The SMILES string of the molecule is O=C([O-])Oc1c(Cl)cccc1Cl. The summed E-state index contributed by atoms with van der Waals surface area (Å²) in [5.74, 6) is -0.0965. The summed E-state index contributed by atoms with van der Waals surface area (Å²) in [6, 6.07) is 4.50. The average molecular weight is 206 g/mol. The minimum Gasteiger partial charge on any atom is -0.511 e.